The summed E-state index contributed by atoms with van der Waals surface area (Å²) in [7, 11) is 3.92. The standard InChI is InChI=1S/C7H11N3O/c1-9-3-4-11-6-5-10(2)8-7(6)9/h5H,3-4H2,1-2H3. The molecule has 1 aromatic rings. The molecule has 11 heavy (non-hydrogen) atoms. The van der Waals surface area contributed by atoms with Gasteiger partial charge in [0.25, 0.3) is 0 Å². The van der Waals surface area contributed by atoms with Crippen molar-refractivity contribution in [3.8, 4) is 5.75 Å². The number of fused-ring (bicyclic) bond motifs is 1. The molecule has 0 radical (unpaired) electrons. The molecule has 60 valence electrons. The minimum absolute atomic E-state index is 0.759. The van der Waals surface area contributed by atoms with Gasteiger partial charge in [0.2, 0.25) is 0 Å². The minimum atomic E-state index is 0.759. The maximum atomic E-state index is 5.39. The van der Waals surface area contributed by atoms with Crippen molar-refractivity contribution in [3.63, 3.8) is 0 Å². The van der Waals surface area contributed by atoms with Gasteiger partial charge in [-0.1, -0.05) is 0 Å². The van der Waals surface area contributed by atoms with Crippen molar-refractivity contribution in [2.45, 2.75) is 0 Å². The normalized spacial score (nSPS) is 16.0. The fraction of sp³-hybridized carbons (Fsp3) is 0.571. The summed E-state index contributed by atoms with van der Waals surface area (Å²) in [4.78, 5) is 2.10. The molecule has 2 heterocycles. The molecule has 2 rings (SSSR count). The zero-order valence-electron chi connectivity index (χ0n) is 6.74. The van der Waals surface area contributed by atoms with E-state index in [4.69, 9.17) is 4.74 Å². The molecule has 0 atom stereocenters. The Bertz CT molecular complexity index is 269. The lowest BCUT2D eigenvalue weighted by Gasteiger charge is -2.22. The molecule has 0 saturated carbocycles. The maximum Gasteiger partial charge on any atom is 0.193 e. The third kappa shape index (κ3) is 0.943. The van der Waals surface area contributed by atoms with Gasteiger partial charge in [0, 0.05) is 14.1 Å². The highest BCUT2D eigenvalue weighted by molar-refractivity contribution is 5.52. The van der Waals surface area contributed by atoms with Crippen LogP contribution in [-0.4, -0.2) is 30.0 Å². The van der Waals surface area contributed by atoms with Gasteiger partial charge < -0.3 is 9.64 Å². The van der Waals surface area contributed by atoms with Gasteiger partial charge in [-0.2, -0.15) is 5.10 Å². The molecule has 1 aliphatic rings. The first-order valence-electron chi connectivity index (χ1n) is 3.65. The molecule has 0 bridgehead atoms. The predicted molar refractivity (Wildman–Crippen MR) is 42.0 cm³/mol. The number of aromatic nitrogens is 2. The Labute approximate surface area is 65.4 Å². The van der Waals surface area contributed by atoms with Crippen LogP contribution in [-0.2, 0) is 7.05 Å². The van der Waals surface area contributed by atoms with Crippen molar-refractivity contribution in [3.05, 3.63) is 6.20 Å². The van der Waals surface area contributed by atoms with Crippen LogP contribution in [0, 0.1) is 0 Å². The second kappa shape index (κ2) is 2.15. The van der Waals surface area contributed by atoms with Gasteiger partial charge in [0.05, 0.1) is 12.7 Å². The lowest BCUT2D eigenvalue weighted by molar-refractivity contribution is 0.311. The molecule has 4 nitrogen and oxygen atoms in total. The van der Waals surface area contributed by atoms with Crippen molar-refractivity contribution < 1.29 is 4.74 Å². The Balaban J connectivity index is 2.43. The lowest BCUT2D eigenvalue weighted by Crippen LogP contribution is -2.28. The molecule has 0 aliphatic carbocycles. The molecule has 0 aromatic carbocycles. The van der Waals surface area contributed by atoms with Crippen LogP contribution in [0.25, 0.3) is 0 Å². The summed E-state index contributed by atoms with van der Waals surface area (Å²) in [5.41, 5.74) is 0. The van der Waals surface area contributed by atoms with Gasteiger partial charge >= 0.3 is 0 Å². The highest BCUT2D eigenvalue weighted by Crippen LogP contribution is 2.27. The molecule has 0 amide bonds. The van der Waals surface area contributed by atoms with Crippen LogP contribution in [0.15, 0.2) is 6.20 Å². The minimum Gasteiger partial charge on any atom is -0.486 e. The Hall–Kier alpha value is -1.19. The summed E-state index contributed by atoms with van der Waals surface area (Å²) in [5.74, 6) is 1.83. The summed E-state index contributed by atoms with van der Waals surface area (Å²) < 4.78 is 7.16. The summed E-state index contributed by atoms with van der Waals surface area (Å²) in [5, 5.41) is 4.25. The van der Waals surface area contributed by atoms with E-state index in [1.54, 1.807) is 4.68 Å². The first kappa shape index (κ1) is 6.52. The number of nitrogens with zero attached hydrogens (tertiary/aromatic N) is 3. The summed E-state index contributed by atoms with van der Waals surface area (Å²) in [6.07, 6.45) is 1.89. The number of ether oxygens (including phenoxy) is 1. The first-order chi connectivity index (χ1) is 5.27. The van der Waals surface area contributed by atoms with Crippen LogP contribution < -0.4 is 9.64 Å². The number of rotatable bonds is 0. The zero-order chi connectivity index (χ0) is 7.84. The molecule has 0 N–H and O–H groups in total. The van der Waals surface area contributed by atoms with Gasteiger partial charge in [-0.15, -0.1) is 0 Å². The molecule has 1 aliphatic heterocycles. The molecule has 0 fully saturated rings. The van der Waals surface area contributed by atoms with Crippen molar-refractivity contribution in [2.24, 2.45) is 7.05 Å². The monoisotopic (exact) mass is 153 g/mol. The SMILES string of the molecule is CN1CCOc2cn(C)nc21. The van der Waals surface area contributed by atoms with Crippen molar-refractivity contribution in [1.82, 2.24) is 9.78 Å². The quantitative estimate of drug-likeness (QED) is 0.535. The van der Waals surface area contributed by atoms with Gasteiger partial charge in [0.1, 0.15) is 6.61 Å². The Morgan fingerprint density at radius 2 is 2.36 bits per heavy atom. The van der Waals surface area contributed by atoms with E-state index >= 15 is 0 Å². The highest BCUT2D eigenvalue weighted by Gasteiger charge is 2.17. The fourth-order valence-corrected chi connectivity index (χ4v) is 1.22. The maximum absolute atomic E-state index is 5.39. The first-order valence-corrected chi connectivity index (χ1v) is 3.65. The number of hydrogen-bond acceptors (Lipinski definition) is 3. The fourth-order valence-electron chi connectivity index (χ4n) is 1.22. The summed E-state index contributed by atoms with van der Waals surface area (Å²) >= 11 is 0. The van der Waals surface area contributed by atoms with E-state index in [2.05, 4.69) is 10.00 Å². The van der Waals surface area contributed by atoms with E-state index in [0.717, 1.165) is 24.7 Å². The molecular weight excluding hydrogens is 142 g/mol. The van der Waals surface area contributed by atoms with Crippen LogP contribution in [0.3, 0.4) is 0 Å². The van der Waals surface area contributed by atoms with Gasteiger partial charge in [-0.05, 0) is 0 Å². The topological polar surface area (TPSA) is 30.3 Å². The lowest BCUT2D eigenvalue weighted by atomic mass is 10.4. The second-order valence-corrected chi connectivity index (χ2v) is 2.76. The number of aryl methyl sites for hydroxylation is 1. The smallest absolute Gasteiger partial charge is 0.193 e. The molecule has 4 heteroatoms. The zero-order valence-corrected chi connectivity index (χ0v) is 6.74. The Morgan fingerprint density at radius 3 is 3.09 bits per heavy atom. The van der Waals surface area contributed by atoms with E-state index < -0.39 is 0 Å². The van der Waals surface area contributed by atoms with E-state index in [-0.39, 0.29) is 0 Å². The van der Waals surface area contributed by atoms with E-state index in [1.165, 1.54) is 0 Å². The average molecular weight is 153 g/mol. The largest absolute Gasteiger partial charge is 0.486 e. The number of anilines is 1. The summed E-state index contributed by atoms with van der Waals surface area (Å²) in [6, 6.07) is 0. The number of hydrogen-bond donors (Lipinski definition) is 0. The Morgan fingerprint density at radius 1 is 1.55 bits per heavy atom. The third-order valence-corrected chi connectivity index (χ3v) is 1.82. The van der Waals surface area contributed by atoms with Crippen molar-refractivity contribution >= 4 is 5.82 Å². The van der Waals surface area contributed by atoms with Crippen LogP contribution in [0.2, 0.25) is 0 Å². The van der Waals surface area contributed by atoms with Crippen LogP contribution in [0.1, 0.15) is 0 Å². The van der Waals surface area contributed by atoms with Crippen LogP contribution in [0.5, 0.6) is 5.75 Å². The second-order valence-electron chi connectivity index (χ2n) is 2.76. The molecule has 0 saturated heterocycles. The third-order valence-electron chi connectivity index (χ3n) is 1.82. The number of likely N-dealkylation sites (N-methyl/N-ethyl adjacent to an activating group) is 1. The average Bonchev–Trinajstić information content (AvgIpc) is 2.31. The Kier molecular flexibility index (Phi) is 1.27. The van der Waals surface area contributed by atoms with Gasteiger partial charge in [-0.3, -0.25) is 4.68 Å². The van der Waals surface area contributed by atoms with Crippen LogP contribution in [0.4, 0.5) is 5.82 Å². The van der Waals surface area contributed by atoms with Crippen molar-refractivity contribution in [1.29, 1.82) is 0 Å². The highest BCUT2D eigenvalue weighted by atomic mass is 16.5. The molecule has 1 aromatic heterocycles. The summed E-state index contributed by atoms with van der Waals surface area (Å²) in [6.45, 7) is 1.68. The van der Waals surface area contributed by atoms with E-state index in [0.29, 0.717) is 0 Å². The van der Waals surface area contributed by atoms with Gasteiger partial charge in [-0.25, -0.2) is 0 Å². The van der Waals surface area contributed by atoms with E-state index in [9.17, 15) is 0 Å². The van der Waals surface area contributed by atoms with E-state index in [1.807, 2.05) is 20.3 Å². The van der Waals surface area contributed by atoms with Crippen LogP contribution >= 0.6 is 0 Å². The molecule has 0 unspecified atom stereocenters. The van der Waals surface area contributed by atoms with Gasteiger partial charge in [0.15, 0.2) is 11.6 Å². The molecular formula is C7H11N3O. The van der Waals surface area contributed by atoms with Crippen molar-refractivity contribution in [2.75, 3.05) is 25.1 Å². The molecule has 0 spiro atoms. The predicted octanol–water partition coefficient (Wildman–Crippen LogP) is 0.249.